The van der Waals surface area contributed by atoms with Crippen LogP contribution in [0, 0.1) is 21.7 Å². The molecule has 0 heterocycles. The number of halogens is 2. The molecule has 18 heavy (non-hydrogen) atoms. The van der Waals surface area contributed by atoms with Crippen molar-refractivity contribution in [1.29, 1.82) is 0 Å². The van der Waals surface area contributed by atoms with E-state index in [0.717, 1.165) is 23.9 Å². The van der Waals surface area contributed by atoms with E-state index < -0.39 is 22.2 Å². The van der Waals surface area contributed by atoms with E-state index in [1.807, 2.05) is 0 Å². The molecule has 0 atom stereocenters. The van der Waals surface area contributed by atoms with Gasteiger partial charge in [0.15, 0.2) is 11.6 Å². The van der Waals surface area contributed by atoms with Crippen LogP contribution in [0.2, 0.25) is 0 Å². The largest absolute Gasteiger partial charge is 0.286 e. The van der Waals surface area contributed by atoms with Crippen LogP contribution in [0.15, 0.2) is 52.3 Å². The Morgan fingerprint density at radius 2 is 1.72 bits per heavy atom. The second-order valence-corrected chi connectivity index (χ2v) is 4.47. The van der Waals surface area contributed by atoms with Crippen molar-refractivity contribution in [2.24, 2.45) is 0 Å². The van der Waals surface area contributed by atoms with Crippen LogP contribution in [0.25, 0.3) is 0 Å². The molecule has 0 aromatic heterocycles. The van der Waals surface area contributed by atoms with E-state index >= 15 is 0 Å². The molecule has 0 unspecified atom stereocenters. The van der Waals surface area contributed by atoms with Crippen LogP contribution in [0.5, 0.6) is 0 Å². The lowest BCUT2D eigenvalue weighted by Gasteiger charge is -2.04. The lowest BCUT2D eigenvalue weighted by atomic mass is 10.3. The topological polar surface area (TPSA) is 43.1 Å². The maximum atomic E-state index is 13.6. The Balaban J connectivity index is 2.48. The Morgan fingerprint density at radius 1 is 1.06 bits per heavy atom. The summed E-state index contributed by atoms with van der Waals surface area (Å²) in [4.78, 5) is 10.3. The number of hydrogen-bond donors (Lipinski definition) is 0. The van der Waals surface area contributed by atoms with Gasteiger partial charge >= 0.3 is 0 Å². The van der Waals surface area contributed by atoms with Crippen molar-refractivity contribution in [3.05, 3.63) is 64.2 Å². The Hall–Kier alpha value is -1.95. The average molecular weight is 267 g/mol. The van der Waals surface area contributed by atoms with E-state index in [0.29, 0.717) is 4.90 Å². The predicted octanol–water partition coefficient (Wildman–Crippen LogP) is 4.02. The van der Waals surface area contributed by atoms with Gasteiger partial charge in [-0.1, -0.05) is 30.0 Å². The highest BCUT2D eigenvalue weighted by Gasteiger charge is 2.22. The SMILES string of the molecule is O=[N+]([O-])c1ccc(F)c(F)c1Sc1ccccc1. The van der Waals surface area contributed by atoms with E-state index in [9.17, 15) is 18.9 Å². The molecule has 6 heteroatoms. The minimum Gasteiger partial charge on any atom is -0.258 e. The fourth-order valence-electron chi connectivity index (χ4n) is 1.37. The molecule has 0 saturated carbocycles. The highest BCUT2D eigenvalue weighted by atomic mass is 32.2. The molecule has 0 aliphatic carbocycles. The molecule has 0 fully saturated rings. The minimum absolute atomic E-state index is 0.314. The first-order chi connectivity index (χ1) is 8.59. The van der Waals surface area contributed by atoms with Crippen LogP contribution in [0.4, 0.5) is 14.5 Å². The third kappa shape index (κ3) is 2.48. The molecule has 2 rings (SSSR count). The summed E-state index contributed by atoms with van der Waals surface area (Å²) in [5.74, 6) is -2.29. The van der Waals surface area contributed by atoms with Gasteiger partial charge in [0, 0.05) is 11.0 Å². The minimum atomic E-state index is -1.20. The summed E-state index contributed by atoms with van der Waals surface area (Å²) >= 11 is 0.827. The van der Waals surface area contributed by atoms with Crippen molar-refractivity contribution >= 4 is 17.4 Å². The Kier molecular flexibility index (Phi) is 3.57. The Labute approximate surface area is 106 Å². The molecule has 0 amide bonds. The second kappa shape index (κ2) is 5.14. The standard InChI is InChI=1S/C12H7F2NO2S/c13-9-6-7-10(15(16)17)12(11(9)14)18-8-4-2-1-3-5-8/h1-7H. The molecule has 0 N–H and O–H groups in total. The maximum absolute atomic E-state index is 13.6. The van der Waals surface area contributed by atoms with Gasteiger partial charge in [-0.2, -0.15) is 0 Å². The van der Waals surface area contributed by atoms with Gasteiger partial charge in [-0.15, -0.1) is 0 Å². The lowest BCUT2D eigenvalue weighted by molar-refractivity contribution is -0.388. The number of nitro groups is 1. The number of nitro benzene ring substituents is 1. The smallest absolute Gasteiger partial charge is 0.258 e. The summed E-state index contributed by atoms with van der Waals surface area (Å²) in [5, 5.41) is 10.8. The number of rotatable bonds is 3. The molecule has 0 aliphatic heterocycles. The zero-order valence-electron chi connectivity index (χ0n) is 8.97. The molecule has 0 radical (unpaired) electrons. The summed E-state index contributed by atoms with van der Waals surface area (Å²) < 4.78 is 26.7. The first-order valence-corrected chi connectivity index (χ1v) is 5.76. The van der Waals surface area contributed by atoms with Gasteiger partial charge < -0.3 is 0 Å². The van der Waals surface area contributed by atoms with Crippen LogP contribution in [0.3, 0.4) is 0 Å². The highest BCUT2D eigenvalue weighted by molar-refractivity contribution is 7.99. The van der Waals surface area contributed by atoms with Crippen molar-refractivity contribution in [2.75, 3.05) is 0 Å². The van der Waals surface area contributed by atoms with Crippen molar-refractivity contribution in [3.8, 4) is 0 Å². The van der Waals surface area contributed by atoms with E-state index in [2.05, 4.69) is 0 Å². The van der Waals surface area contributed by atoms with E-state index in [1.165, 1.54) is 0 Å². The zero-order chi connectivity index (χ0) is 13.1. The third-order valence-corrected chi connectivity index (χ3v) is 3.29. The van der Waals surface area contributed by atoms with Crippen molar-refractivity contribution in [2.45, 2.75) is 9.79 Å². The number of nitrogens with zero attached hydrogens (tertiary/aromatic N) is 1. The van der Waals surface area contributed by atoms with Crippen molar-refractivity contribution < 1.29 is 13.7 Å². The summed E-state index contributed by atoms with van der Waals surface area (Å²) in [6.07, 6.45) is 0. The van der Waals surface area contributed by atoms with Crippen molar-refractivity contribution in [3.63, 3.8) is 0 Å². The zero-order valence-corrected chi connectivity index (χ0v) is 9.79. The molecule has 0 spiro atoms. The fraction of sp³-hybridized carbons (Fsp3) is 0. The number of benzene rings is 2. The molecule has 2 aromatic rings. The van der Waals surface area contributed by atoms with Gasteiger partial charge in [0.25, 0.3) is 5.69 Å². The van der Waals surface area contributed by atoms with Crippen LogP contribution in [0.1, 0.15) is 0 Å². The van der Waals surface area contributed by atoms with Crippen molar-refractivity contribution in [1.82, 2.24) is 0 Å². The molecule has 3 nitrogen and oxygen atoms in total. The van der Waals surface area contributed by atoms with Crippen LogP contribution >= 0.6 is 11.8 Å². The van der Waals surface area contributed by atoms with Crippen LogP contribution in [-0.2, 0) is 0 Å². The van der Waals surface area contributed by atoms with Gasteiger partial charge in [0.2, 0.25) is 0 Å². The molecule has 2 aromatic carbocycles. The molecule has 0 bridgehead atoms. The molecular weight excluding hydrogens is 260 g/mol. The van der Waals surface area contributed by atoms with Gasteiger partial charge in [-0.25, -0.2) is 8.78 Å². The van der Waals surface area contributed by atoms with Crippen LogP contribution in [-0.4, -0.2) is 4.92 Å². The fourth-order valence-corrected chi connectivity index (χ4v) is 2.33. The summed E-state index contributed by atoms with van der Waals surface area (Å²) in [6, 6.07) is 10.2. The molecule has 0 aliphatic rings. The van der Waals surface area contributed by atoms with Gasteiger partial charge in [0.1, 0.15) is 4.90 Å². The van der Waals surface area contributed by atoms with E-state index in [-0.39, 0.29) is 4.90 Å². The second-order valence-electron chi connectivity index (χ2n) is 3.38. The quantitative estimate of drug-likeness (QED) is 0.623. The first kappa shape index (κ1) is 12.5. The lowest BCUT2D eigenvalue weighted by Crippen LogP contribution is -1.96. The molecule has 92 valence electrons. The summed E-state index contributed by atoms with van der Waals surface area (Å²) in [6.45, 7) is 0. The average Bonchev–Trinajstić information content (AvgIpc) is 2.36. The number of hydrogen-bond acceptors (Lipinski definition) is 3. The van der Waals surface area contributed by atoms with Gasteiger partial charge in [-0.3, -0.25) is 10.1 Å². The van der Waals surface area contributed by atoms with Crippen LogP contribution < -0.4 is 0 Å². The van der Waals surface area contributed by atoms with Gasteiger partial charge in [0.05, 0.1) is 4.92 Å². The first-order valence-electron chi connectivity index (χ1n) is 4.95. The Morgan fingerprint density at radius 3 is 2.33 bits per heavy atom. The molecule has 0 saturated heterocycles. The summed E-state index contributed by atoms with van der Waals surface area (Å²) in [7, 11) is 0. The summed E-state index contributed by atoms with van der Waals surface area (Å²) in [5.41, 5.74) is -0.442. The maximum Gasteiger partial charge on any atom is 0.286 e. The predicted molar refractivity (Wildman–Crippen MR) is 63.6 cm³/mol. The normalized spacial score (nSPS) is 10.3. The highest BCUT2D eigenvalue weighted by Crippen LogP contribution is 2.37. The third-order valence-electron chi connectivity index (χ3n) is 2.19. The van der Waals surface area contributed by atoms with E-state index in [1.54, 1.807) is 30.3 Å². The van der Waals surface area contributed by atoms with E-state index in [4.69, 9.17) is 0 Å². The monoisotopic (exact) mass is 267 g/mol. The van der Waals surface area contributed by atoms with Gasteiger partial charge in [-0.05, 0) is 18.2 Å². The Bertz CT molecular complexity index is 590. The molecular formula is C12H7F2NO2S.